The number of hydrogen-bond donors (Lipinski definition) is 4. The Morgan fingerprint density at radius 2 is 1.92 bits per heavy atom. The van der Waals surface area contributed by atoms with Gasteiger partial charge < -0.3 is 26.4 Å². The van der Waals surface area contributed by atoms with Crippen LogP contribution in [0.15, 0.2) is 60.8 Å². The lowest BCUT2D eigenvalue weighted by atomic mass is 9.45. The topological polar surface area (TPSA) is 133 Å². The van der Waals surface area contributed by atoms with Crippen LogP contribution in [-0.2, 0) is 22.6 Å². The number of aromatic nitrogens is 1. The van der Waals surface area contributed by atoms with Crippen LogP contribution in [0.5, 0.6) is 0 Å². The molecular weight excluding hydrogens is 640 g/mol. The van der Waals surface area contributed by atoms with E-state index in [1.807, 2.05) is 61.5 Å². The minimum absolute atomic E-state index is 0.0955. The first-order valence-electron chi connectivity index (χ1n) is 18.5. The van der Waals surface area contributed by atoms with Crippen LogP contribution in [0, 0.1) is 36.0 Å². The van der Waals surface area contributed by atoms with Gasteiger partial charge in [-0.15, -0.1) is 0 Å². The van der Waals surface area contributed by atoms with Crippen LogP contribution in [0.4, 0.5) is 5.69 Å². The molecule has 8 atom stereocenters. The molecule has 1 aliphatic heterocycles. The Balaban J connectivity index is 1.24. The van der Waals surface area contributed by atoms with E-state index in [1.165, 1.54) is 6.42 Å². The van der Waals surface area contributed by atoms with E-state index in [4.69, 9.17) is 10.6 Å². The molecule has 4 fully saturated rings. The van der Waals surface area contributed by atoms with E-state index in [9.17, 15) is 14.7 Å². The van der Waals surface area contributed by atoms with Crippen LogP contribution in [-0.4, -0.2) is 78.4 Å². The number of hydroxylamine groups is 2. The number of rotatable bonds is 12. The van der Waals surface area contributed by atoms with Crippen LogP contribution >= 0.6 is 0 Å². The number of fused-ring (bicyclic) bond motifs is 2. The highest BCUT2D eigenvalue weighted by atomic mass is 16.7. The molecule has 3 saturated carbocycles. The van der Waals surface area contributed by atoms with E-state index in [1.54, 1.807) is 18.2 Å². The summed E-state index contributed by atoms with van der Waals surface area (Å²) in [6, 6.07) is 17.2. The number of nitrogens with zero attached hydrogens (tertiary/aromatic N) is 3. The van der Waals surface area contributed by atoms with Crippen molar-refractivity contribution in [2.24, 2.45) is 34.8 Å². The summed E-state index contributed by atoms with van der Waals surface area (Å²) in [5.74, 6) is 0.854. The van der Waals surface area contributed by atoms with Gasteiger partial charge in [0, 0.05) is 68.7 Å². The number of pyridine rings is 1. The predicted molar refractivity (Wildman–Crippen MR) is 201 cm³/mol. The van der Waals surface area contributed by atoms with Crippen molar-refractivity contribution in [3.63, 3.8) is 0 Å². The molecular formula is C41H56N6O4. The number of carbonyl (C=O) groups excluding carboxylic acids is 2. The van der Waals surface area contributed by atoms with Crippen molar-refractivity contribution in [3.05, 3.63) is 83.2 Å². The molecule has 2 heterocycles. The number of benzene rings is 2. The lowest BCUT2D eigenvalue weighted by Crippen LogP contribution is -2.62. The highest BCUT2D eigenvalue weighted by Crippen LogP contribution is 2.61. The molecule has 5 N–H and O–H groups in total. The number of amides is 2. The minimum atomic E-state index is -0.787. The summed E-state index contributed by atoms with van der Waals surface area (Å²) in [6.07, 6.45) is 3.33. The van der Waals surface area contributed by atoms with Gasteiger partial charge in [-0.25, -0.2) is 0 Å². The molecule has 2 amide bonds. The second-order valence-corrected chi connectivity index (χ2v) is 15.9. The summed E-state index contributed by atoms with van der Waals surface area (Å²) in [5, 5.41) is 19.2. The molecule has 51 heavy (non-hydrogen) atoms. The second-order valence-electron chi connectivity index (χ2n) is 15.9. The van der Waals surface area contributed by atoms with Crippen molar-refractivity contribution in [1.29, 1.82) is 0 Å². The number of aliphatic hydroxyl groups excluding tert-OH is 1. The predicted octanol–water partition coefficient (Wildman–Crippen LogP) is 4.72. The maximum Gasteiger partial charge on any atom is 0.251 e. The first kappa shape index (κ1) is 36.9. The zero-order valence-electron chi connectivity index (χ0n) is 31.2. The number of carbonyl (C=O) groups is 2. The summed E-state index contributed by atoms with van der Waals surface area (Å²) >= 11 is 0. The molecule has 7 rings (SSSR count). The molecule has 0 radical (unpaired) electrons. The van der Waals surface area contributed by atoms with Gasteiger partial charge in [0.1, 0.15) is 6.04 Å². The third kappa shape index (κ3) is 7.42. The number of nitrogens with two attached hydrogens (primary N) is 1. The van der Waals surface area contributed by atoms with Crippen LogP contribution in [0.3, 0.4) is 0 Å². The number of aliphatic hydroxyl groups is 1. The Labute approximate surface area is 303 Å². The van der Waals surface area contributed by atoms with Gasteiger partial charge in [0.2, 0.25) is 5.91 Å². The lowest BCUT2D eigenvalue weighted by Gasteiger charge is -2.62. The van der Waals surface area contributed by atoms with E-state index in [-0.39, 0.29) is 24.4 Å². The molecule has 0 spiro atoms. The molecule has 10 nitrogen and oxygen atoms in total. The van der Waals surface area contributed by atoms with E-state index >= 15 is 0 Å². The number of anilines is 1. The first-order chi connectivity index (χ1) is 24.3. The van der Waals surface area contributed by atoms with E-state index in [0.717, 1.165) is 40.1 Å². The molecule has 0 unspecified atom stereocenters. The van der Waals surface area contributed by atoms with Gasteiger partial charge in [0.25, 0.3) is 5.91 Å². The number of hydrogen-bond acceptors (Lipinski definition) is 8. The van der Waals surface area contributed by atoms with E-state index in [0.29, 0.717) is 48.2 Å². The summed E-state index contributed by atoms with van der Waals surface area (Å²) in [7, 11) is 3.93. The first-order valence-corrected chi connectivity index (χ1v) is 18.5. The third-order valence-corrected chi connectivity index (χ3v) is 12.3. The molecule has 3 aromatic rings. The molecule has 1 saturated heterocycles. The van der Waals surface area contributed by atoms with Gasteiger partial charge in [0.15, 0.2) is 0 Å². The fraction of sp³-hybridized carbons (Fsp3) is 0.537. The Kier molecular flexibility index (Phi) is 10.9. The van der Waals surface area contributed by atoms with Crippen molar-refractivity contribution in [2.75, 3.05) is 32.1 Å². The zero-order valence-corrected chi connectivity index (χ0v) is 31.2. The Bertz CT molecular complexity index is 1710. The van der Waals surface area contributed by atoms with Crippen LogP contribution < -0.4 is 21.3 Å². The highest BCUT2D eigenvalue weighted by Gasteiger charge is 2.57. The van der Waals surface area contributed by atoms with Gasteiger partial charge in [-0.05, 0) is 102 Å². The summed E-state index contributed by atoms with van der Waals surface area (Å²) in [5.41, 5.74) is 12.8. The van der Waals surface area contributed by atoms with Crippen molar-refractivity contribution in [2.45, 2.75) is 84.7 Å². The van der Waals surface area contributed by atoms with Gasteiger partial charge in [-0.2, -0.15) is 5.06 Å². The maximum atomic E-state index is 14.2. The summed E-state index contributed by atoms with van der Waals surface area (Å²) in [6.45, 7) is 11.8. The van der Waals surface area contributed by atoms with Gasteiger partial charge in [-0.3, -0.25) is 19.4 Å². The zero-order chi connectivity index (χ0) is 36.6. The minimum Gasteiger partial charge on any atom is -0.393 e. The van der Waals surface area contributed by atoms with Crippen molar-refractivity contribution >= 4 is 17.5 Å². The van der Waals surface area contributed by atoms with Gasteiger partial charge >= 0.3 is 0 Å². The van der Waals surface area contributed by atoms with Crippen molar-refractivity contribution in [3.8, 4) is 11.1 Å². The van der Waals surface area contributed by atoms with Crippen LogP contribution in [0.25, 0.3) is 11.1 Å². The Morgan fingerprint density at radius 1 is 1.14 bits per heavy atom. The average molecular weight is 697 g/mol. The average Bonchev–Trinajstić information content (AvgIpc) is 3.48. The molecule has 3 aliphatic carbocycles. The second kappa shape index (κ2) is 15.0. The Morgan fingerprint density at radius 3 is 2.57 bits per heavy atom. The third-order valence-electron chi connectivity index (χ3n) is 12.3. The molecule has 4 aliphatic rings. The fourth-order valence-electron chi connectivity index (χ4n) is 8.97. The molecule has 2 aromatic carbocycles. The standard InChI is InChI=1S/C41H56N6O4/c1-24-27(11-10-13-33(24)28-17-29(19-32(18-28)46(6)7)39(49)44-16-14-31-12-8-9-15-43-31)23-47-38(37(26(3)48)36(22-42)51-47)40(50)45-35-21-30-20-34(25(35)2)41(30,4)5/h8-13,15,17-19,25-26,30,34-38,48H,14,16,20-23,42H2,1-7H3,(H,44,49)(H,45,50)/t25-,26-,30-,34+,35-,36-,37+,38-/m0/s1. The van der Waals surface area contributed by atoms with Crippen molar-refractivity contribution in [1.82, 2.24) is 20.7 Å². The highest BCUT2D eigenvalue weighted by molar-refractivity contribution is 5.97. The van der Waals surface area contributed by atoms with E-state index < -0.39 is 24.2 Å². The quantitative estimate of drug-likeness (QED) is 0.214. The molecule has 274 valence electrons. The van der Waals surface area contributed by atoms with Crippen LogP contribution in [0.1, 0.15) is 67.7 Å². The summed E-state index contributed by atoms with van der Waals surface area (Å²) in [4.78, 5) is 40.4. The smallest absolute Gasteiger partial charge is 0.251 e. The van der Waals surface area contributed by atoms with Crippen LogP contribution in [0.2, 0.25) is 0 Å². The number of nitrogens with one attached hydrogen (secondary N) is 2. The Hall–Kier alpha value is -3.83. The fourth-order valence-corrected chi connectivity index (χ4v) is 8.97. The van der Waals surface area contributed by atoms with E-state index in [2.05, 4.69) is 55.4 Å². The van der Waals surface area contributed by atoms with Gasteiger partial charge in [-0.1, -0.05) is 45.0 Å². The molecule has 2 bridgehead atoms. The SMILES string of the molecule is Cc1c(CN2O[C@@H](CN)[C@@H]([C@H](C)O)[C@H]2C(=O)N[C@H]2C[C@@H]3C[C@H]([C@@H]2C)C3(C)C)cccc1-c1cc(C(=O)NCCc2ccccn2)cc(N(C)C)c1. The normalized spacial score (nSPS) is 27.4. The maximum absolute atomic E-state index is 14.2. The lowest BCUT2D eigenvalue weighted by molar-refractivity contribution is -0.175. The largest absolute Gasteiger partial charge is 0.393 e. The van der Waals surface area contributed by atoms with Crippen molar-refractivity contribution < 1.29 is 19.5 Å². The molecule has 1 aromatic heterocycles. The van der Waals surface area contributed by atoms with Gasteiger partial charge in [0.05, 0.1) is 18.8 Å². The molecule has 10 heteroatoms. The monoisotopic (exact) mass is 696 g/mol. The summed E-state index contributed by atoms with van der Waals surface area (Å²) < 4.78 is 0.